The molecule has 5 atom stereocenters. The van der Waals surface area contributed by atoms with Gasteiger partial charge in [-0.2, -0.15) is 0 Å². The van der Waals surface area contributed by atoms with Crippen molar-refractivity contribution in [3.8, 4) is 0 Å². The number of amides is 3. The summed E-state index contributed by atoms with van der Waals surface area (Å²) in [5, 5.41) is 23.4. The summed E-state index contributed by atoms with van der Waals surface area (Å²) in [7, 11) is 1.57. The van der Waals surface area contributed by atoms with E-state index in [2.05, 4.69) is 20.9 Å². The van der Waals surface area contributed by atoms with Crippen molar-refractivity contribution in [1.82, 2.24) is 30.5 Å². The lowest BCUT2D eigenvalue weighted by Gasteiger charge is -2.34. The van der Waals surface area contributed by atoms with Crippen molar-refractivity contribution in [2.45, 2.75) is 35.5 Å². The second kappa shape index (κ2) is 7.49. The van der Waals surface area contributed by atoms with Crippen molar-refractivity contribution in [3.05, 3.63) is 24.3 Å². The van der Waals surface area contributed by atoms with Crippen molar-refractivity contribution in [1.29, 1.82) is 0 Å². The fourth-order valence-corrected chi connectivity index (χ4v) is 7.77. The van der Waals surface area contributed by atoms with Crippen LogP contribution in [0.5, 0.6) is 0 Å². The number of hydrogen-bond donors (Lipinski definition) is 3. The van der Waals surface area contributed by atoms with E-state index in [0.717, 1.165) is 17.5 Å². The van der Waals surface area contributed by atoms with Gasteiger partial charge in [-0.3, -0.25) is 14.4 Å². The van der Waals surface area contributed by atoms with E-state index in [9.17, 15) is 19.5 Å². The van der Waals surface area contributed by atoms with Crippen LogP contribution in [-0.2, 0) is 21.1 Å². The Bertz CT molecular complexity index is 1060. The maximum atomic E-state index is 13.4. The number of nitrogens with zero attached hydrogens (tertiary/aromatic N) is 4. The number of para-hydroxylation sites is 1. The number of β-amino-alcohol motifs (C(OH)–C–C–N with tert-alkyl or cyclic N) is 1. The van der Waals surface area contributed by atoms with Crippen LogP contribution in [-0.4, -0.2) is 79.0 Å². The molecule has 3 amide bonds. The molecule has 2 aromatic rings. The van der Waals surface area contributed by atoms with Gasteiger partial charge in [0.2, 0.25) is 17.7 Å². The lowest BCUT2D eigenvalue weighted by molar-refractivity contribution is -0.140. The number of aliphatic hydroxyl groups is 1. The molecule has 0 aliphatic carbocycles. The molecule has 3 aliphatic heterocycles. The van der Waals surface area contributed by atoms with Gasteiger partial charge in [-0.05, 0) is 25.0 Å². The maximum Gasteiger partial charge on any atom is 0.245 e. The Morgan fingerprint density at radius 3 is 2.90 bits per heavy atom. The molecule has 1 spiro atoms. The predicted octanol–water partition coefficient (Wildman–Crippen LogP) is -0.665. The number of likely N-dealkylation sites (tertiary alicyclic amines) is 1. The molecule has 4 heterocycles. The predicted molar refractivity (Wildman–Crippen MR) is 113 cm³/mol. The van der Waals surface area contributed by atoms with Crippen molar-refractivity contribution in [2.24, 2.45) is 11.8 Å². The summed E-state index contributed by atoms with van der Waals surface area (Å²) in [5.74, 6) is -1.67. The molecule has 1 aromatic heterocycles. The summed E-state index contributed by atoms with van der Waals surface area (Å²) < 4.78 is 0.949. The Morgan fingerprint density at radius 2 is 2.13 bits per heavy atom. The SMILES string of the molecule is CNC(=O)[C@@H]1[C@@H]2CCC3(S2)C(C(=O)NCn2nnc4ccccc42)N(CCO)C(=O)[C@H]13. The van der Waals surface area contributed by atoms with Gasteiger partial charge in [-0.15, -0.1) is 16.9 Å². The van der Waals surface area contributed by atoms with Crippen molar-refractivity contribution in [2.75, 3.05) is 20.2 Å². The van der Waals surface area contributed by atoms with Gasteiger partial charge in [0.15, 0.2) is 0 Å². The van der Waals surface area contributed by atoms with Gasteiger partial charge in [0.1, 0.15) is 18.2 Å². The van der Waals surface area contributed by atoms with E-state index >= 15 is 0 Å². The van der Waals surface area contributed by atoms with Gasteiger partial charge in [-0.25, -0.2) is 4.68 Å². The van der Waals surface area contributed by atoms with Crippen LogP contribution in [0.3, 0.4) is 0 Å². The third-order valence-electron chi connectivity index (χ3n) is 6.76. The first-order valence-electron chi connectivity index (χ1n) is 10.4. The number of thioether (sulfide) groups is 1. The van der Waals surface area contributed by atoms with Gasteiger partial charge < -0.3 is 20.6 Å². The van der Waals surface area contributed by atoms with Crippen LogP contribution in [0.25, 0.3) is 11.0 Å². The Labute approximate surface area is 182 Å². The van der Waals surface area contributed by atoms with Gasteiger partial charge in [0.25, 0.3) is 0 Å². The van der Waals surface area contributed by atoms with Crippen LogP contribution in [0, 0.1) is 11.8 Å². The van der Waals surface area contributed by atoms with E-state index in [1.807, 2.05) is 24.3 Å². The van der Waals surface area contributed by atoms with Crippen LogP contribution < -0.4 is 10.6 Å². The second-order valence-corrected chi connectivity index (χ2v) is 9.80. The van der Waals surface area contributed by atoms with E-state index in [-0.39, 0.29) is 42.8 Å². The molecule has 3 N–H and O–H groups in total. The monoisotopic (exact) mass is 444 g/mol. The number of rotatable bonds is 6. The van der Waals surface area contributed by atoms with Crippen molar-refractivity contribution in [3.63, 3.8) is 0 Å². The lowest BCUT2D eigenvalue weighted by atomic mass is 9.71. The molecule has 3 saturated heterocycles. The van der Waals surface area contributed by atoms with Gasteiger partial charge >= 0.3 is 0 Å². The molecule has 164 valence electrons. The molecule has 0 radical (unpaired) electrons. The van der Waals surface area contributed by atoms with Crippen LogP contribution in [0.15, 0.2) is 24.3 Å². The van der Waals surface area contributed by atoms with E-state index in [0.29, 0.717) is 6.42 Å². The zero-order valence-corrected chi connectivity index (χ0v) is 17.8. The fourth-order valence-electron chi connectivity index (χ4n) is 5.55. The number of aliphatic hydroxyl groups excluding tert-OH is 1. The summed E-state index contributed by atoms with van der Waals surface area (Å²) in [6, 6.07) is 6.72. The molecular weight excluding hydrogens is 420 g/mol. The van der Waals surface area contributed by atoms with E-state index in [1.165, 1.54) is 4.90 Å². The molecular formula is C20H24N6O4S. The average Bonchev–Trinajstić information content (AvgIpc) is 3.52. The van der Waals surface area contributed by atoms with Crippen molar-refractivity contribution < 1.29 is 19.5 Å². The molecule has 11 heteroatoms. The second-order valence-electron chi connectivity index (χ2n) is 8.20. The molecule has 3 aliphatic rings. The summed E-state index contributed by atoms with van der Waals surface area (Å²) in [6.45, 7) is -0.0669. The zero-order valence-electron chi connectivity index (χ0n) is 17.0. The van der Waals surface area contributed by atoms with Gasteiger partial charge in [-0.1, -0.05) is 17.3 Å². The van der Waals surface area contributed by atoms with Gasteiger partial charge in [0.05, 0.1) is 28.7 Å². The Kier molecular flexibility index (Phi) is 4.89. The number of carbonyl (C=O) groups excluding carboxylic acids is 3. The smallest absolute Gasteiger partial charge is 0.245 e. The number of carbonyl (C=O) groups is 3. The molecule has 5 rings (SSSR count). The standard InChI is InChI=1S/C20H24N6O4S/c1-21-17(28)14-13-6-7-20(31-13)15(14)19(30)25(8-9-27)16(20)18(29)22-10-26-12-5-3-2-4-11(12)23-24-26/h2-5,13-16,27H,6-10H2,1H3,(H,21,28)(H,22,29)/t13-,14+,15-,16?,20?/m0/s1. The highest BCUT2D eigenvalue weighted by Gasteiger charge is 2.73. The van der Waals surface area contributed by atoms with Crippen LogP contribution in [0.2, 0.25) is 0 Å². The third kappa shape index (κ3) is 2.86. The number of aromatic nitrogens is 3. The third-order valence-corrected chi connectivity index (χ3v) is 8.71. The zero-order chi connectivity index (χ0) is 21.8. The molecule has 31 heavy (non-hydrogen) atoms. The van der Waals surface area contributed by atoms with E-state index in [1.54, 1.807) is 23.5 Å². The highest BCUT2D eigenvalue weighted by atomic mass is 32.2. The first kappa shape index (κ1) is 20.3. The minimum atomic E-state index is -0.739. The molecule has 2 unspecified atom stereocenters. The molecule has 3 fully saturated rings. The van der Waals surface area contributed by atoms with Crippen LogP contribution in [0.4, 0.5) is 0 Å². The normalized spacial score (nSPS) is 31.3. The highest BCUT2D eigenvalue weighted by Crippen LogP contribution is 2.66. The Balaban J connectivity index is 1.43. The number of nitrogens with one attached hydrogen (secondary N) is 2. The first-order chi connectivity index (χ1) is 15.0. The van der Waals surface area contributed by atoms with Crippen LogP contribution >= 0.6 is 11.8 Å². The number of benzene rings is 1. The molecule has 2 bridgehead atoms. The average molecular weight is 445 g/mol. The fraction of sp³-hybridized carbons (Fsp3) is 0.550. The Morgan fingerprint density at radius 1 is 1.32 bits per heavy atom. The van der Waals surface area contributed by atoms with E-state index in [4.69, 9.17) is 0 Å². The quantitative estimate of drug-likeness (QED) is 0.539. The summed E-state index contributed by atoms with van der Waals surface area (Å²) >= 11 is 1.60. The molecule has 1 aromatic carbocycles. The summed E-state index contributed by atoms with van der Waals surface area (Å²) in [6.07, 6.45) is 1.48. The highest BCUT2D eigenvalue weighted by molar-refractivity contribution is 8.02. The van der Waals surface area contributed by atoms with Crippen LogP contribution in [0.1, 0.15) is 12.8 Å². The largest absolute Gasteiger partial charge is 0.395 e. The summed E-state index contributed by atoms with van der Waals surface area (Å²) in [5.41, 5.74) is 1.52. The maximum absolute atomic E-state index is 13.4. The van der Waals surface area contributed by atoms with E-state index < -0.39 is 22.6 Å². The number of fused-ring (bicyclic) bond motifs is 2. The van der Waals surface area contributed by atoms with Crippen molar-refractivity contribution >= 4 is 40.5 Å². The Hall–Kier alpha value is -2.66. The molecule has 10 nitrogen and oxygen atoms in total. The minimum Gasteiger partial charge on any atom is -0.395 e. The minimum absolute atomic E-state index is 0.0275. The number of hydrogen-bond acceptors (Lipinski definition) is 7. The first-order valence-corrected chi connectivity index (χ1v) is 11.3. The topological polar surface area (TPSA) is 129 Å². The van der Waals surface area contributed by atoms with Gasteiger partial charge in [0, 0.05) is 18.8 Å². The summed E-state index contributed by atoms with van der Waals surface area (Å²) in [4.78, 5) is 40.8. The lowest BCUT2D eigenvalue weighted by Crippen LogP contribution is -2.54. The molecule has 0 saturated carbocycles.